The Morgan fingerprint density at radius 3 is 2.60 bits per heavy atom. The fourth-order valence-corrected chi connectivity index (χ4v) is 4.69. The van der Waals surface area contributed by atoms with Crippen molar-refractivity contribution in [3.63, 3.8) is 0 Å². The summed E-state index contributed by atoms with van der Waals surface area (Å²) in [6.45, 7) is 0.956. The van der Waals surface area contributed by atoms with Gasteiger partial charge in [0.15, 0.2) is 5.82 Å². The predicted octanol–water partition coefficient (Wildman–Crippen LogP) is 4.43. The quantitative estimate of drug-likeness (QED) is 0.528. The Balaban J connectivity index is 1.67. The first kappa shape index (κ1) is 18.8. The van der Waals surface area contributed by atoms with E-state index in [1.54, 1.807) is 25.6 Å². The molecule has 0 fully saturated rings. The van der Waals surface area contributed by atoms with E-state index in [0.717, 1.165) is 39.2 Å². The van der Waals surface area contributed by atoms with Crippen LogP contribution in [-0.4, -0.2) is 35.8 Å². The van der Waals surface area contributed by atoms with E-state index in [9.17, 15) is 5.11 Å². The minimum absolute atomic E-state index is 0.403. The van der Waals surface area contributed by atoms with Crippen molar-refractivity contribution >= 4 is 28.1 Å². The number of aliphatic hydroxyl groups is 1. The molecule has 1 N–H and O–H groups in total. The fourth-order valence-electron chi connectivity index (χ4n) is 4.06. The molecule has 0 bridgehead atoms. The highest BCUT2D eigenvalue weighted by Crippen LogP contribution is 2.41. The van der Waals surface area contributed by atoms with Gasteiger partial charge in [-0.25, -0.2) is 9.97 Å². The Bertz CT molecular complexity index is 1210. The Labute approximate surface area is 178 Å². The highest BCUT2D eigenvalue weighted by atomic mass is 32.1. The molecule has 0 spiro atoms. The number of benzene rings is 2. The minimum Gasteiger partial charge on any atom is -0.496 e. The second-order valence-electron chi connectivity index (χ2n) is 7.16. The molecule has 3 heterocycles. The first-order chi connectivity index (χ1) is 14.7. The maximum atomic E-state index is 11.0. The molecule has 1 aliphatic heterocycles. The van der Waals surface area contributed by atoms with Crippen LogP contribution in [0.25, 0.3) is 22.3 Å². The number of β-amino-alcohol motifs (C(OH)–C–C–N with tert-alkyl or cyclic N) is 1. The average Bonchev–Trinajstić information content (AvgIpc) is 3.32. The summed E-state index contributed by atoms with van der Waals surface area (Å²) < 4.78 is 11.1. The lowest BCUT2D eigenvalue weighted by Crippen LogP contribution is -2.35. The molecule has 0 amide bonds. The summed E-state index contributed by atoms with van der Waals surface area (Å²) in [6, 6.07) is 13.7. The summed E-state index contributed by atoms with van der Waals surface area (Å²) in [5, 5.41) is 16.0. The molecule has 5 rings (SSSR count). The molecule has 0 saturated carbocycles. The molecule has 7 heteroatoms. The van der Waals surface area contributed by atoms with Crippen LogP contribution in [0.4, 0.5) is 5.82 Å². The van der Waals surface area contributed by atoms with Crippen LogP contribution in [0.3, 0.4) is 0 Å². The maximum absolute atomic E-state index is 11.0. The lowest BCUT2D eigenvalue weighted by molar-refractivity contribution is 0.169. The van der Waals surface area contributed by atoms with Gasteiger partial charge in [0.1, 0.15) is 23.4 Å². The molecule has 0 radical (unpaired) electrons. The number of fused-ring (bicyclic) bond motifs is 2. The highest BCUT2D eigenvalue weighted by molar-refractivity contribution is 7.08. The van der Waals surface area contributed by atoms with Crippen molar-refractivity contribution in [3.8, 4) is 22.9 Å². The molecular weight excluding hydrogens is 398 g/mol. The van der Waals surface area contributed by atoms with Crippen LogP contribution in [0.2, 0.25) is 0 Å². The summed E-state index contributed by atoms with van der Waals surface area (Å²) in [5.41, 5.74) is 3.56. The Kier molecular flexibility index (Phi) is 4.77. The van der Waals surface area contributed by atoms with Gasteiger partial charge in [0.2, 0.25) is 0 Å². The highest BCUT2D eigenvalue weighted by Gasteiger charge is 2.31. The maximum Gasteiger partial charge on any atom is 0.162 e. The number of ether oxygens (including phenoxy) is 2. The smallest absolute Gasteiger partial charge is 0.162 e. The molecule has 1 aliphatic rings. The van der Waals surface area contributed by atoms with Crippen LogP contribution in [0, 0.1) is 0 Å². The number of hydrogen-bond donors (Lipinski definition) is 1. The zero-order valence-corrected chi connectivity index (χ0v) is 17.5. The molecule has 30 heavy (non-hydrogen) atoms. The average molecular weight is 420 g/mol. The van der Waals surface area contributed by atoms with E-state index < -0.39 is 6.10 Å². The number of nitrogens with zero attached hydrogens (tertiary/aromatic N) is 3. The van der Waals surface area contributed by atoms with Gasteiger partial charge in [-0.3, -0.25) is 0 Å². The number of para-hydroxylation sites is 1. The second-order valence-corrected chi connectivity index (χ2v) is 7.94. The Morgan fingerprint density at radius 2 is 1.83 bits per heavy atom. The zero-order valence-electron chi connectivity index (χ0n) is 16.7. The number of anilines is 1. The number of aromatic nitrogens is 2. The molecule has 6 nitrogen and oxygen atoms in total. The fraction of sp³-hybridized carbons (Fsp3) is 0.217. The van der Waals surface area contributed by atoms with Crippen LogP contribution < -0.4 is 14.4 Å². The molecule has 2 aromatic heterocycles. The van der Waals surface area contributed by atoms with Gasteiger partial charge < -0.3 is 19.5 Å². The van der Waals surface area contributed by atoms with E-state index >= 15 is 0 Å². The van der Waals surface area contributed by atoms with Crippen molar-refractivity contribution < 1.29 is 14.6 Å². The topological polar surface area (TPSA) is 67.7 Å². The summed E-state index contributed by atoms with van der Waals surface area (Å²) >= 11 is 1.62. The summed E-state index contributed by atoms with van der Waals surface area (Å²) in [5.74, 6) is 2.88. The van der Waals surface area contributed by atoms with Crippen molar-refractivity contribution in [2.24, 2.45) is 0 Å². The third kappa shape index (κ3) is 3.07. The Morgan fingerprint density at radius 1 is 1.03 bits per heavy atom. The van der Waals surface area contributed by atoms with E-state index in [-0.39, 0.29) is 0 Å². The Hall–Kier alpha value is -3.16. The summed E-state index contributed by atoms with van der Waals surface area (Å²) in [4.78, 5) is 11.8. The number of thiophene rings is 1. The van der Waals surface area contributed by atoms with Gasteiger partial charge in [-0.05, 0) is 35.7 Å². The zero-order chi connectivity index (χ0) is 20.7. The van der Waals surface area contributed by atoms with Gasteiger partial charge in [-0.1, -0.05) is 12.1 Å². The standard InChI is InChI=1S/C23H21N3O3S/c1-28-19-7-8-20(29-2)21-16(19)11-26(12-18(21)27)23-15-5-3-4-6-17(15)24-22(25-23)14-9-10-30-13-14/h3-10,13,18,27H,11-12H2,1-2H3. The molecule has 0 saturated heterocycles. The number of hydrogen-bond acceptors (Lipinski definition) is 7. The van der Waals surface area contributed by atoms with Gasteiger partial charge >= 0.3 is 0 Å². The van der Waals surface area contributed by atoms with Gasteiger partial charge in [-0.15, -0.1) is 0 Å². The lowest BCUT2D eigenvalue weighted by Gasteiger charge is -2.35. The van der Waals surface area contributed by atoms with Crippen LogP contribution in [0.5, 0.6) is 11.5 Å². The first-order valence-corrected chi connectivity index (χ1v) is 10.6. The molecule has 0 aliphatic carbocycles. The van der Waals surface area contributed by atoms with E-state index in [1.165, 1.54) is 0 Å². The van der Waals surface area contributed by atoms with Gasteiger partial charge in [0.05, 0.1) is 26.3 Å². The predicted molar refractivity (Wildman–Crippen MR) is 118 cm³/mol. The number of aliphatic hydroxyl groups excluding tert-OH is 1. The van der Waals surface area contributed by atoms with E-state index in [1.807, 2.05) is 53.2 Å². The van der Waals surface area contributed by atoms with Crippen molar-refractivity contribution in [1.29, 1.82) is 0 Å². The summed E-state index contributed by atoms with van der Waals surface area (Å²) in [6.07, 6.45) is -0.725. The summed E-state index contributed by atoms with van der Waals surface area (Å²) in [7, 11) is 3.26. The van der Waals surface area contributed by atoms with E-state index in [0.29, 0.717) is 24.7 Å². The number of rotatable bonds is 4. The van der Waals surface area contributed by atoms with Crippen LogP contribution in [0.1, 0.15) is 17.2 Å². The van der Waals surface area contributed by atoms with Crippen molar-refractivity contribution in [1.82, 2.24) is 9.97 Å². The molecular formula is C23H21N3O3S. The monoisotopic (exact) mass is 419 g/mol. The van der Waals surface area contributed by atoms with Crippen LogP contribution >= 0.6 is 11.3 Å². The van der Waals surface area contributed by atoms with E-state index in [2.05, 4.69) is 4.90 Å². The minimum atomic E-state index is -0.725. The van der Waals surface area contributed by atoms with Crippen molar-refractivity contribution in [2.45, 2.75) is 12.6 Å². The second kappa shape index (κ2) is 7.59. The number of methoxy groups -OCH3 is 2. The molecule has 1 unspecified atom stereocenters. The molecule has 152 valence electrons. The SMILES string of the molecule is COc1ccc(OC)c2c1CN(c1nc(-c3ccsc3)nc3ccccc13)CC2O. The largest absolute Gasteiger partial charge is 0.496 e. The first-order valence-electron chi connectivity index (χ1n) is 9.65. The third-order valence-electron chi connectivity index (χ3n) is 5.45. The molecule has 1 atom stereocenters. The third-order valence-corrected chi connectivity index (χ3v) is 6.13. The molecule has 4 aromatic rings. The normalized spacial score (nSPS) is 15.8. The van der Waals surface area contributed by atoms with Crippen LogP contribution in [0.15, 0.2) is 53.2 Å². The van der Waals surface area contributed by atoms with E-state index in [4.69, 9.17) is 19.4 Å². The van der Waals surface area contributed by atoms with Crippen molar-refractivity contribution in [2.75, 3.05) is 25.7 Å². The van der Waals surface area contributed by atoms with Gasteiger partial charge in [-0.2, -0.15) is 11.3 Å². The van der Waals surface area contributed by atoms with Crippen molar-refractivity contribution in [3.05, 3.63) is 64.4 Å². The van der Waals surface area contributed by atoms with Gasteiger partial charge in [0.25, 0.3) is 0 Å². The van der Waals surface area contributed by atoms with Crippen LogP contribution in [-0.2, 0) is 6.54 Å². The molecule has 2 aromatic carbocycles. The lowest BCUT2D eigenvalue weighted by atomic mass is 9.95. The van der Waals surface area contributed by atoms with Gasteiger partial charge in [0, 0.05) is 34.0 Å².